The molecule has 1 rings (SSSR count). The molecule has 18 heavy (non-hydrogen) atoms. The van der Waals surface area contributed by atoms with Gasteiger partial charge in [0, 0.05) is 12.1 Å². The maximum Gasteiger partial charge on any atom is 0.249 e. The van der Waals surface area contributed by atoms with Gasteiger partial charge in [0.1, 0.15) is 0 Å². The van der Waals surface area contributed by atoms with E-state index in [1.807, 2.05) is 20.8 Å². The summed E-state index contributed by atoms with van der Waals surface area (Å²) in [6.07, 6.45) is 0.965. The molecule has 0 heterocycles. The van der Waals surface area contributed by atoms with E-state index in [0.29, 0.717) is 11.3 Å². The Balaban J connectivity index is 2.57. The quantitative estimate of drug-likeness (QED) is 0.613. The van der Waals surface area contributed by atoms with Gasteiger partial charge in [0.2, 0.25) is 10.9 Å². The van der Waals surface area contributed by atoms with Gasteiger partial charge in [0.15, 0.2) is 0 Å². The number of nitrogens with zero attached hydrogens (tertiary/aromatic N) is 1. The zero-order valence-electron chi connectivity index (χ0n) is 12.1. The maximum absolute atomic E-state index is 11.6. The molecule has 0 saturated heterocycles. The molecule has 0 aliphatic heterocycles. The van der Waals surface area contributed by atoms with E-state index >= 15 is 0 Å². The molecule has 0 fully saturated rings. The van der Waals surface area contributed by atoms with Crippen LogP contribution in [0.3, 0.4) is 0 Å². The molecule has 0 spiro atoms. The lowest BCUT2D eigenvalue weighted by Crippen LogP contribution is -2.43. The van der Waals surface area contributed by atoms with E-state index in [1.165, 1.54) is 0 Å². The Hall–Kier alpha value is -1.16. The molecule has 1 aromatic carbocycles. The van der Waals surface area contributed by atoms with Crippen LogP contribution >= 0.6 is 0 Å². The van der Waals surface area contributed by atoms with Gasteiger partial charge in [0.05, 0.1) is 5.69 Å². The van der Waals surface area contributed by atoms with Crippen LogP contribution in [0.4, 0.5) is 5.69 Å². The first-order valence-electron chi connectivity index (χ1n) is 6.55. The van der Waals surface area contributed by atoms with Crippen LogP contribution in [0.1, 0.15) is 39.7 Å². The summed E-state index contributed by atoms with van der Waals surface area (Å²) in [6.45, 7) is 10.7. The van der Waals surface area contributed by atoms with Gasteiger partial charge in [-0.1, -0.05) is 27.7 Å². The van der Waals surface area contributed by atoms with Gasteiger partial charge in [0.25, 0.3) is 0 Å². The molecule has 4 nitrogen and oxygen atoms in total. The largest absolute Gasteiger partial charge is 0.381 e. The van der Waals surface area contributed by atoms with Crippen LogP contribution in [0.2, 0.25) is 0 Å². The third kappa shape index (κ3) is 3.19. The summed E-state index contributed by atoms with van der Waals surface area (Å²) in [6, 6.07) is 0. The molecule has 1 aromatic rings. The molecule has 0 aliphatic rings. The fourth-order valence-corrected chi connectivity index (χ4v) is 2.00. The Labute approximate surface area is 109 Å². The number of rotatable bonds is 6. The van der Waals surface area contributed by atoms with Crippen LogP contribution in [0.5, 0.6) is 0 Å². The van der Waals surface area contributed by atoms with E-state index < -0.39 is 0 Å². The molecular formula is C14H24N2O2. The lowest BCUT2D eigenvalue weighted by Gasteiger charge is -2.24. The third-order valence-electron chi connectivity index (χ3n) is 3.22. The van der Waals surface area contributed by atoms with E-state index in [1.54, 1.807) is 0 Å². The van der Waals surface area contributed by atoms with Crippen molar-refractivity contribution in [2.75, 3.05) is 32.0 Å². The molecule has 0 saturated carbocycles. The van der Waals surface area contributed by atoms with Gasteiger partial charge >= 0.3 is 0 Å². The highest BCUT2D eigenvalue weighted by molar-refractivity contribution is 5.59. The van der Waals surface area contributed by atoms with Crippen molar-refractivity contribution in [3.63, 3.8) is 0 Å². The number of nitrogens with one attached hydrogen (secondary N) is 1. The van der Waals surface area contributed by atoms with Gasteiger partial charge < -0.3 is 10.2 Å². The summed E-state index contributed by atoms with van der Waals surface area (Å²) in [5.74, 6) is 0. The second-order valence-corrected chi connectivity index (χ2v) is 5.83. The average molecular weight is 252 g/mol. The van der Waals surface area contributed by atoms with Crippen molar-refractivity contribution in [2.45, 2.75) is 39.5 Å². The molecule has 1 N–H and O–H groups in total. The average Bonchev–Trinajstić information content (AvgIpc) is 2.29. The second-order valence-electron chi connectivity index (χ2n) is 5.83. The number of anilines is 1. The molecule has 0 bridgehead atoms. The van der Waals surface area contributed by atoms with Crippen LogP contribution in [0.25, 0.3) is 0 Å². The van der Waals surface area contributed by atoms with Crippen LogP contribution in [-0.2, 0) is 5.41 Å². The summed E-state index contributed by atoms with van der Waals surface area (Å²) in [5.41, 5.74) is 0.246. The summed E-state index contributed by atoms with van der Waals surface area (Å²) in [5, 5.41) is 3.12. The minimum Gasteiger partial charge on any atom is -0.381 e. The molecule has 0 aromatic heterocycles. The van der Waals surface area contributed by atoms with Crippen molar-refractivity contribution >= 4 is 5.69 Å². The monoisotopic (exact) mass is 252 g/mol. The van der Waals surface area contributed by atoms with Crippen molar-refractivity contribution in [3.8, 4) is 0 Å². The molecule has 0 amide bonds. The molecule has 0 aliphatic carbocycles. The van der Waals surface area contributed by atoms with E-state index in [-0.39, 0.29) is 16.3 Å². The summed E-state index contributed by atoms with van der Waals surface area (Å²) in [4.78, 5) is 25.3. The highest BCUT2D eigenvalue weighted by Gasteiger charge is 2.29. The molecule has 4 heteroatoms. The summed E-state index contributed by atoms with van der Waals surface area (Å²) >= 11 is 0. The second kappa shape index (κ2) is 5.65. The molecular weight excluding hydrogens is 228 g/mol. The summed E-state index contributed by atoms with van der Waals surface area (Å²) < 4.78 is 0. The highest BCUT2D eigenvalue weighted by atomic mass is 16.2. The number of hydrogen-bond acceptors (Lipinski definition) is 4. The Morgan fingerprint density at radius 1 is 1.17 bits per heavy atom. The zero-order chi connectivity index (χ0) is 13.9. The fourth-order valence-electron chi connectivity index (χ4n) is 2.00. The first-order valence-corrected chi connectivity index (χ1v) is 6.55. The normalized spacial score (nSPS) is 12.3. The lowest BCUT2D eigenvalue weighted by atomic mass is 9.82. The van der Waals surface area contributed by atoms with Crippen molar-refractivity contribution in [1.82, 2.24) is 4.90 Å². The molecule has 0 unspecified atom stereocenters. The predicted molar refractivity (Wildman–Crippen MR) is 76.3 cm³/mol. The zero-order valence-corrected chi connectivity index (χ0v) is 12.1. The fraction of sp³-hybridized carbons (Fsp3) is 0.714. The van der Waals surface area contributed by atoms with Crippen molar-refractivity contribution in [3.05, 3.63) is 26.0 Å². The Morgan fingerprint density at radius 2 is 1.78 bits per heavy atom. The number of hydrogen-bond donors (Lipinski definition) is 1. The van der Waals surface area contributed by atoms with Gasteiger partial charge in [-0.2, -0.15) is 0 Å². The minimum absolute atomic E-state index is 0.256. The topological polar surface area (TPSA) is 49.4 Å². The summed E-state index contributed by atoms with van der Waals surface area (Å²) in [7, 11) is 2.07. The van der Waals surface area contributed by atoms with Gasteiger partial charge in [-0.3, -0.25) is 9.59 Å². The van der Waals surface area contributed by atoms with Gasteiger partial charge in [-0.25, -0.2) is 0 Å². The van der Waals surface area contributed by atoms with Crippen molar-refractivity contribution in [1.29, 1.82) is 0 Å². The van der Waals surface area contributed by atoms with Gasteiger partial charge in [-0.15, -0.1) is 0 Å². The van der Waals surface area contributed by atoms with E-state index in [2.05, 4.69) is 24.2 Å². The predicted octanol–water partition coefficient (Wildman–Crippen LogP) is 1.33. The minimum atomic E-state index is -0.358. The van der Waals surface area contributed by atoms with Crippen molar-refractivity contribution < 1.29 is 0 Å². The van der Waals surface area contributed by atoms with E-state index in [0.717, 1.165) is 26.1 Å². The lowest BCUT2D eigenvalue weighted by molar-refractivity contribution is 0.351. The molecule has 0 radical (unpaired) electrons. The SMILES string of the molecule is CCN(C)CCCNc1c(C(C)(C)C)c(=O)c1=O. The van der Waals surface area contributed by atoms with E-state index in [4.69, 9.17) is 0 Å². The van der Waals surface area contributed by atoms with E-state index in [9.17, 15) is 9.59 Å². The van der Waals surface area contributed by atoms with Crippen LogP contribution in [0, 0.1) is 0 Å². The Morgan fingerprint density at radius 3 is 2.28 bits per heavy atom. The third-order valence-corrected chi connectivity index (χ3v) is 3.22. The Kier molecular flexibility index (Phi) is 4.68. The first kappa shape index (κ1) is 14.9. The highest BCUT2D eigenvalue weighted by Crippen LogP contribution is 2.25. The smallest absolute Gasteiger partial charge is 0.249 e. The van der Waals surface area contributed by atoms with Crippen LogP contribution < -0.4 is 16.2 Å². The maximum atomic E-state index is 11.6. The standard InChI is InChI=1S/C14H24N2O2/c1-6-16(5)9-7-8-15-11-10(14(2,3)4)12(17)13(11)18/h15H,6-9H2,1-5H3. The first-order chi connectivity index (χ1) is 8.29. The van der Waals surface area contributed by atoms with Crippen LogP contribution in [-0.4, -0.2) is 31.6 Å². The van der Waals surface area contributed by atoms with Gasteiger partial charge in [-0.05, 0) is 32.0 Å². The van der Waals surface area contributed by atoms with Crippen molar-refractivity contribution in [2.24, 2.45) is 0 Å². The molecule has 102 valence electrons. The Bertz CT molecular complexity index is 465. The molecule has 0 atom stereocenters. The van der Waals surface area contributed by atoms with Crippen LogP contribution in [0.15, 0.2) is 9.59 Å².